The topological polar surface area (TPSA) is 46.8 Å². The molecule has 0 spiro atoms. The minimum Gasteiger partial charge on any atom is -0.355 e. The standard InChI is InChI=1S/C13H14F3N5/c14-13(15,16)11-3-6-21(19-11)9-10-7-18-12(8-17-10)20-4-1-2-5-20/h3,6-8H,1-2,4-5,9H2. The summed E-state index contributed by atoms with van der Waals surface area (Å²) in [5.74, 6) is 0.813. The molecule has 3 rings (SSSR count). The molecule has 0 aromatic carbocycles. The van der Waals surface area contributed by atoms with Gasteiger partial charge in [-0.1, -0.05) is 0 Å². The van der Waals surface area contributed by atoms with E-state index >= 15 is 0 Å². The van der Waals surface area contributed by atoms with Gasteiger partial charge in [-0.3, -0.25) is 9.67 Å². The molecule has 5 nitrogen and oxygen atoms in total. The molecule has 0 radical (unpaired) electrons. The third-order valence-corrected chi connectivity index (χ3v) is 3.38. The van der Waals surface area contributed by atoms with Crippen LogP contribution in [0.4, 0.5) is 19.0 Å². The molecule has 2 aromatic heterocycles. The van der Waals surface area contributed by atoms with Crippen LogP contribution in [0.25, 0.3) is 0 Å². The van der Waals surface area contributed by atoms with Crippen LogP contribution < -0.4 is 4.90 Å². The Labute approximate surface area is 119 Å². The Hall–Kier alpha value is -2.12. The Bertz CT molecular complexity index is 599. The highest BCUT2D eigenvalue weighted by Crippen LogP contribution is 2.27. The lowest BCUT2D eigenvalue weighted by molar-refractivity contribution is -0.141. The first-order valence-electron chi connectivity index (χ1n) is 6.69. The predicted molar refractivity (Wildman–Crippen MR) is 69.8 cm³/mol. The summed E-state index contributed by atoms with van der Waals surface area (Å²) in [6.07, 6.45) is 2.42. The zero-order chi connectivity index (χ0) is 14.9. The van der Waals surface area contributed by atoms with Crippen molar-refractivity contribution in [1.82, 2.24) is 19.7 Å². The monoisotopic (exact) mass is 297 g/mol. The van der Waals surface area contributed by atoms with Crippen LogP contribution in [-0.4, -0.2) is 32.8 Å². The molecule has 2 aromatic rings. The molecular weight excluding hydrogens is 283 g/mol. The lowest BCUT2D eigenvalue weighted by Crippen LogP contribution is -2.19. The summed E-state index contributed by atoms with van der Waals surface area (Å²) in [7, 11) is 0. The Morgan fingerprint density at radius 3 is 2.43 bits per heavy atom. The maximum Gasteiger partial charge on any atom is 0.435 e. The molecule has 0 unspecified atom stereocenters. The van der Waals surface area contributed by atoms with E-state index in [1.54, 1.807) is 12.4 Å². The van der Waals surface area contributed by atoms with Crippen molar-refractivity contribution < 1.29 is 13.2 Å². The summed E-state index contributed by atoms with van der Waals surface area (Å²) in [6, 6.07) is 0.950. The average Bonchev–Trinajstić information content (AvgIpc) is 3.09. The highest BCUT2D eigenvalue weighted by Gasteiger charge is 2.33. The molecule has 3 heterocycles. The minimum atomic E-state index is -4.42. The second-order valence-corrected chi connectivity index (χ2v) is 4.96. The number of anilines is 1. The van der Waals surface area contributed by atoms with Crippen molar-refractivity contribution in [2.45, 2.75) is 25.6 Å². The summed E-state index contributed by atoms with van der Waals surface area (Å²) in [6.45, 7) is 2.12. The van der Waals surface area contributed by atoms with E-state index in [1.165, 1.54) is 10.9 Å². The van der Waals surface area contributed by atoms with Crippen LogP contribution in [0, 0.1) is 0 Å². The van der Waals surface area contributed by atoms with E-state index in [-0.39, 0.29) is 6.54 Å². The van der Waals surface area contributed by atoms with Gasteiger partial charge in [0.1, 0.15) is 5.82 Å². The Morgan fingerprint density at radius 1 is 1.10 bits per heavy atom. The number of hydrogen-bond acceptors (Lipinski definition) is 4. The van der Waals surface area contributed by atoms with Crippen molar-refractivity contribution in [2.24, 2.45) is 0 Å². The second-order valence-electron chi connectivity index (χ2n) is 4.96. The highest BCUT2D eigenvalue weighted by atomic mass is 19.4. The number of hydrogen-bond donors (Lipinski definition) is 0. The lowest BCUT2D eigenvalue weighted by atomic mass is 10.4. The van der Waals surface area contributed by atoms with Gasteiger partial charge in [0.05, 0.1) is 24.6 Å². The summed E-state index contributed by atoms with van der Waals surface area (Å²) >= 11 is 0. The van der Waals surface area contributed by atoms with Crippen molar-refractivity contribution in [3.63, 3.8) is 0 Å². The molecule has 8 heteroatoms. The Kier molecular flexibility index (Phi) is 3.52. The average molecular weight is 297 g/mol. The molecule has 112 valence electrons. The van der Waals surface area contributed by atoms with Gasteiger partial charge in [-0.15, -0.1) is 0 Å². The van der Waals surface area contributed by atoms with Gasteiger partial charge in [0.15, 0.2) is 5.69 Å². The van der Waals surface area contributed by atoms with Crippen LogP contribution in [0.15, 0.2) is 24.7 Å². The zero-order valence-electron chi connectivity index (χ0n) is 11.2. The third-order valence-electron chi connectivity index (χ3n) is 3.38. The van der Waals surface area contributed by atoms with Crippen LogP contribution in [0.5, 0.6) is 0 Å². The first-order valence-corrected chi connectivity index (χ1v) is 6.69. The SMILES string of the molecule is FC(F)(F)c1ccn(Cc2cnc(N3CCCC3)cn2)n1. The fourth-order valence-electron chi connectivity index (χ4n) is 2.31. The van der Waals surface area contributed by atoms with E-state index in [0.717, 1.165) is 37.8 Å². The number of nitrogens with zero attached hydrogens (tertiary/aromatic N) is 5. The maximum absolute atomic E-state index is 12.5. The molecule has 1 saturated heterocycles. The van der Waals surface area contributed by atoms with E-state index < -0.39 is 11.9 Å². The fourth-order valence-corrected chi connectivity index (χ4v) is 2.31. The van der Waals surface area contributed by atoms with Gasteiger partial charge in [0.25, 0.3) is 0 Å². The van der Waals surface area contributed by atoms with E-state index in [2.05, 4.69) is 20.0 Å². The number of alkyl halides is 3. The van der Waals surface area contributed by atoms with Crippen LogP contribution in [0.1, 0.15) is 24.2 Å². The molecule has 0 saturated carbocycles. The van der Waals surface area contributed by atoms with Gasteiger partial charge in [-0.25, -0.2) is 4.98 Å². The third kappa shape index (κ3) is 3.14. The first kappa shape index (κ1) is 13.8. The van der Waals surface area contributed by atoms with Crippen LogP contribution >= 0.6 is 0 Å². The van der Waals surface area contributed by atoms with E-state index in [0.29, 0.717) is 5.69 Å². The molecule has 1 aliphatic heterocycles. The first-order chi connectivity index (χ1) is 10.0. The predicted octanol–water partition coefficient (Wildman–Crippen LogP) is 2.34. The summed E-state index contributed by atoms with van der Waals surface area (Å²) in [4.78, 5) is 10.7. The number of rotatable bonds is 3. The Morgan fingerprint density at radius 2 is 1.86 bits per heavy atom. The largest absolute Gasteiger partial charge is 0.435 e. The molecule has 1 aliphatic rings. The summed E-state index contributed by atoms with van der Waals surface area (Å²) in [5, 5.41) is 3.49. The molecular formula is C13H14F3N5. The lowest BCUT2D eigenvalue weighted by Gasteiger charge is -2.15. The highest BCUT2D eigenvalue weighted by molar-refractivity contribution is 5.36. The molecule has 0 amide bonds. The van der Waals surface area contributed by atoms with Gasteiger partial charge in [-0.2, -0.15) is 18.3 Å². The smallest absolute Gasteiger partial charge is 0.355 e. The molecule has 0 bridgehead atoms. The van der Waals surface area contributed by atoms with Crippen LogP contribution in [-0.2, 0) is 12.7 Å². The van der Waals surface area contributed by atoms with Crippen molar-refractivity contribution in [3.8, 4) is 0 Å². The van der Waals surface area contributed by atoms with E-state index in [1.807, 2.05) is 0 Å². The number of aromatic nitrogens is 4. The fraction of sp³-hybridized carbons (Fsp3) is 0.462. The van der Waals surface area contributed by atoms with E-state index in [4.69, 9.17) is 0 Å². The molecule has 0 N–H and O–H groups in total. The van der Waals surface area contributed by atoms with Crippen molar-refractivity contribution in [2.75, 3.05) is 18.0 Å². The zero-order valence-corrected chi connectivity index (χ0v) is 11.2. The Balaban J connectivity index is 1.69. The van der Waals surface area contributed by atoms with Crippen molar-refractivity contribution in [3.05, 3.63) is 36.0 Å². The van der Waals surface area contributed by atoms with Gasteiger partial charge in [0.2, 0.25) is 0 Å². The van der Waals surface area contributed by atoms with Gasteiger partial charge in [0, 0.05) is 19.3 Å². The number of halogens is 3. The molecule has 0 aliphatic carbocycles. The molecule has 21 heavy (non-hydrogen) atoms. The minimum absolute atomic E-state index is 0.170. The normalized spacial score (nSPS) is 15.7. The summed E-state index contributed by atoms with van der Waals surface area (Å²) in [5.41, 5.74) is -0.320. The van der Waals surface area contributed by atoms with Crippen molar-refractivity contribution >= 4 is 5.82 Å². The van der Waals surface area contributed by atoms with Gasteiger partial charge in [-0.05, 0) is 18.9 Å². The summed E-state index contributed by atoms with van der Waals surface area (Å²) < 4.78 is 38.6. The van der Waals surface area contributed by atoms with Crippen molar-refractivity contribution in [1.29, 1.82) is 0 Å². The molecule has 1 fully saturated rings. The van der Waals surface area contributed by atoms with E-state index in [9.17, 15) is 13.2 Å². The van der Waals surface area contributed by atoms with Gasteiger partial charge >= 0.3 is 6.18 Å². The van der Waals surface area contributed by atoms with Crippen LogP contribution in [0.2, 0.25) is 0 Å². The second kappa shape index (κ2) is 5.34. The molecule has 0 atom stereocenters. The van der Waals surface area contributed by atoms with Crippen LogP contribution in [0.3, 0.4) is 0 Å². The van der Waals surface area contributed by atoms with Gasteiger partial charge < -0.3 is 4.90 Å². The maximum atomic E-state index is 12.5. The quantitative estimate of drug-likeness (QED) is 0.872.